The lowest BCUT2D eigenvalue weighted by atomic mass is 10.1. The molecule has 0 bridgehead atoms. The molecule has 0 radical (unpaired) electrons. The number of benzene rings is 2. The SMILES string of the molecule is CCSc1nnc(Cc2ccccc2)n1-c1ccc(C)c(C)c1. The maximum absolute atomic E-state index is 4.45. The predicted octanol–water partition coefficient (Wildman–Crippen LogP) is 4.59. The maximum atomic E-state index is 4.45. The van der Waals surface area contributed by atoms with Crippen LogP contribution in [0.15, 0.2) is 53.7 Å². The summed E-state index contributed by atoms with van der Waals surface area (Å²) >= 11 is 1.73. The highest BCUT2D eigenvalue weighted by atomic mass is 32.2. The molecule has 0 saturated carbocycles. The molecule has 1 aromatic heterocycles. The first kappa shape index (κ1) is 15.8. The van der Waals surface area contributed by atoms with Gasteiger partial charge in [0.25, 0.3) is 0 Å². The highest BCUT2D eigenvalue weighted by Crippen LogP contribution is 2.24. The highest BCUT2D eigenvalue weighted by molar-refractivity contribution is 7.99. The average Bonchev–Trinajstić information content (AvgIpc) is 2.94. The summed E-state index contributed by atoms with van der Waals surface area (Å²) in [7, 11) is 0. The van der Waals surface area contributed by atoms with Gasteiger partial charge in [-0.3, -0.25) is 4.57 Å². The first-order valence-electron chi connectivity index (χ1n) is 7.87. The Bertz CT molecular complexity index is 794. The fraction of sp³-hybridized carbons (Fsp3) is 0.263. The van der Waals surface area contributed by atoms with Crippen molar-refractivity contribution >= 4 is 11.8 Å². The minimum absolute atomic E-state index is 0.783. The lowest BCUT2D eigenvalue weighted by Gasteiger charge is -2.12. The summed E-state index contributed by atoms with van der Waals surface area (Å²) in [6.07, 6.45) is 0.783. The van der Waals surface area contributed by atoms with Crippen LogP contribution in [0.2, 0.25) is 0 Å². The van der Waals surface area contributed by atoms with Crippen molar-refractivity contribution in [3.63, 3.8) is 0 Å². The smallest absolute Gasteiger partial charge is 0.195 e. The van der Waals surface area contributed by atoms with E-state index in [1.54, 1.807) is 11.8 Å². The number of thioether (sulfide) groups is 1. The van der Waals surface area contributed by atoms with Gasteiger partial charge in [-0.15, -0.1) is 10.2 Å². The van der Waals surface area contributed by atoms with Crippen LogP contribution in [0.5, 0.6) is 0 Å². The van der Waals surface area contributed by atoms with Crippen LogP contribution in [0.25, 0.3) is 5.69 Å². The lowest BCUT2D eigenvalue weighted by molar-refractivity contribution is 0.846. The monoisotopic (exact) mass is 323 g/mol. The molecule has 0 spiro atoms. The molecule has 0 N–H and O–H groups in total. The topological polar surface area (TPSA) is 30.7 Å². The molecular formula is C19H21N3S. The van der Waals surface area contributed by atoms with Gasteiger partial charge >= 0.3 is 0 Å². The number of hydrogen-bond donors (Lipinski definition) is 0. The van der Waals surface area contributed by atoms with Gasteiger partial charge in [0.2, 0.25) is 0 Å². The Morgan fingerprint density at radius 1 is 0.957 bits per heavy atom. The van der Waals surface area contributed by atoms with Crippen molar-refractivity contribution < 1.29 is 0 Å². The van der Waals surface area contributed by atoms with Crippen molar-refractivity contribution in [1.82, 2.24) is 14.8 Å². The Morgan fingerprint density at radius 2 is 1.74 bits per heavy atom. The second kappa shape index (κ2) is 7.01. The van der Waals surface area contributed by atoms with E-state index in [9.17, 15) is 0 Å². The van der Waals surface area contributed by atoms with Crippen molar-refractivity contribution in [2.75, 3.05) is 5.75 Å². The Hall–Kier alpha value is -2.07. The van der Waals surface area contributed by atoms with Crippen molar-refractivity contribution in [3.05, 3.63) is 71.0 Å². The molecule has 118 valence electrons. The molecule has 0 amide bonds. The standard InChI is InChI=1S/C19H21N3S/c1-4-23-19-21-20-18(13-16-8-6-5-7-9-16)22(19)17-11-10-14(2)15(3)12-17/h5-12H,4,13H2,1-3H3. The van der Waals surface area contributed by atoms with Gasteiger partial charge in [-0.2, -0.15) is 0 Å². The number of nitrogens with zero attached hydrogens (tertiary/aromatic N) is 3. The zero-order chi connectivity index (χ0) is 16.2. The third-order valence-corrected chi connectivity index (χ3v) is 4.74. The zero-order valence-electron chi connectivity index (χ0n) is 13.8. The summed E-state index contributed by atoms with van der Waals surface area (Å²) in [5.41, 5.74) is 4.98. The van der Waals surface area contributed by atoms with Crippen LogP contribution in [-0.4, -0.2) is 20.5 Å². The predicted molar refractivity (Wildman–Crippen MR) is 96.5 cm³/mol. The number of hydrogen-bond acceptors (Lipinski definition) is 3. The van der Waals surface area contributed by atoms with E-state index in [0.29, 0.717) is 0 Å². The molecule has 23 heavy (non-hydrogen) atoms. The van der Waals surface area contributed by atoms with Gasteiger partial charge in [0.1, 0.15) is 5.82 Å². The van der Waals surface area contributed by atoms with E-state index in [2.05, 4.69) is 78.0 Å². The van der Waals surface area contributed by atoms with Gasteiger partial charge in [-0.05, 0) is 48.4 Å². The van der Waals surface area contributed by atoms with Crippen LogP contribution in [0.4, 0.5) is 0 Å². The molecule has 0 saturated heterocycles. The van der Waals surface area contributed by atoms with Crippen molar-refractivity contribution in [1.29, 1.82) is 0 Å². The van der Waals surface area contributed by atoms with Gasteiger partial charge in [0.15, 0.2) is 5.16 Å². The third kappa shape index (κ3) is 3.48. The Morgan fingerprint density at radius 3 is 2.43 bits per heavy atom. The summed E-state index contributed by atoms with van der Waals surface area (Å²) in [6.45, 7) is 6.42. The number of rotatable bonds is 5. The Labute approximate surface area is 141 Å². The Balaban J connectivity index is 2.05. The van der Waals surface area contributed by atoms with E-state index in [0.717, 1.165) is 28.8 Å². The van der Waals surface area contributed by atoms with E-state index >= 15 is 0 Å². The molecule has 0 fully saturated rings. The minimum atomic E-state index is 0.783. The summed E-state index contributed by atoms with van der Waals surface area (Å²) in [4.78, 5) is 0. The molecule has 0 unspecified atom stereocenters. The van der Waals surface area contributed by atoms with Crippen molar-refractivity contribution in [2.45, 2.75) is 32.3 Å². The van der Waals surface area contributed by atoms with Crippen LogP contribution in [-0.2, 0) is 6.42 Å². The fourth-order valence-electron chi connectivity index (χ4n) is 2.54. The first-order valence-corrected chi connectivity index (χ1v) is 8.86. The van der Waals surface area contributed by atoms with Gasteiger partial charge in [-0.25, -0.2) is 0 Å². The summed E-state index contributed by atoms with van der Waals surface area (Å²) in [6, 6.07) is 17.0. The van der Waals surface area contributed by atoms with E-state index in [-0.39, 0.29) is 0 Å². The normalized spacial score (nSPS) is 10.9. The third-order valence-electron chi connectivity index (χ3n) is 3.93. The molecule has 0 aliphatic rings. The van der Waals surface area contributed by atoms with Crippen LogP contribution in [0.3, 0.4) is 0 Å². The minimum Gasteiger partial charge on any atom is -0.274 e. The number of aromatic nitrogens is 3. The van der Waals surface area contributed by atoms with E-state index in [1.807, 2.05) is 6.07 Å². The molecule has 1 heterocycles. The van der Waals surface area contributed by atoms with Crippen molar-refractivity contribution in [2.24, 2.45) is 0 Å². The largest absolute Gasteiger partial charge is 0.274 e. The molecule has 2 aromatic carbocycles. The van der Waals surface area contributed by atoms with E-state index in [1.165, 1.54) is 16.7 Å². The molecule has 0 aliphatic heterocycles. The molecule has 3 nitrogen and oxygen atoms in total. The van der Waals surface area contributed by atoms with E-state index < -0.39 is 0 Å². The van der Waals surface area contributed by atoms with Gasteiger partial charge in [0.05, 0.1) is 0 Å². The average molecular weight is 323 g/mol. The molecule has 4 heteroatoms. The van der Waals surface area contributed by atoms with Crippen LogP contribution in [0, 0.1) is 13.8 Å². The van der Waals surface area contributed by atoms with Gasteiger partial charge in [-0.1, -0.05) is 55.1 Å². The number of aryl methyl sites for hydroxylation is 2. The lowest BCUT2D eigenvalue weighted by Crippen LogP contribution is -2.04. The highest BCUT2D eigenvalue weighted by Gasteiger charge is 2.14. The molecular weight excluding hydrogens is 302 g/mol. The fourth-order valence-corrected chi connectivity index (χ4v) is 3.24. The molecule has 3 aromatic rings. The first-order chi connectivity index (χ1) is 11.2. The van der Waals surface area contributed by atoms with Crippen LogP contribution in [0.1, 0.15) is 29.4 Å². The maximum Gasteiger partial charge on any atom is 0.195 e. The van der Waals surface area contributed by atoms with E-state index in [4.69, 9.17) is 0 Å². The van der Waals surface area contributed by atoms with Gasteiger partial charge in [0, 0.05) is 12.1 Å². The molecule has 3 rings (SSSR count). The second-order valence-corrected chi connectivity index (χ2v) is 6.83. The molecule has 0 atom stereocenters. The second-order valence-electron chi connectivity index (χ2n) is 5.60. The summed E-state index contributed by atoms with van der Waals surface area (Å²) in [5, 5.41) is 9.82. The molecule has 0 aliphatic carbocycles. The summed E-state index contributed by atoms with van der Waals surface area (Å²) in [5.74, 6) is 1.96. The Kier molecular flexibility index (Phi) is 4.82. The van der Waals surface area contributed by atoms with Crippen LogP contribution >= 0.6 is 11.8 Å². The van der Waals surface area contributed by atoms with Gasteiger partial charge < -0.3 is 0 Å². The zero-order valence-corrected chi connectivity index (χ0v) is 14.6. The quantitative estimate of drug-likeness (QED) is 0.644. The summed E-state index contributed by atoms with van der Waals surface area (Å²) < 4.78 is 2.19. The van der Waals surface area contributed by atoms with Crippen molar-refractivity contribution in [3.8, 4) is 5.69 Å². The van der Waals surface area contributed by atoms with Crippen LogP contribution < -0.4 is 0 Å².